The fourth-order valence-corrected chi connectivity index (χ4v) is 6.67. The summed E-state index contributed by atoms with van der Waals surface area (Å²) in [5, 5.41) is 4.70. The van der Waals surface area contributed by atoms with Crippen molar-refractivity contribution >= 4 is 28.5 Å². The SMILES string of the molecule is CC(=O)N1CCn2c(C3CCOCC3)nc(-c3cccc4cc(-c5ccc(C(=O)NCCC#Cc6cccc(C(N)=O)c6F)nc5)ncc34)c2C1. The van der Waals surface area contributed by atoms with Crippen LogP contribution < -0.4 is 11.1 Å². The number of carbonyl (C=O) groups excluding carboxylic acids is 3. The Morgan fingerprint density at radius 1 is 1.04 bits per heavy atom. The molecule has 12 heteroatoms. The van der Waals surface area contributed by atoms with Crippen LogP contribution in [0.2, 0.25) is 0 Å². The van der Waals surface area contributed by atoms with E-state index in [-0.39, 0.29) is 41.6 Å². The van der Waals surface area contributed by atoms with E-state index < -0.39 is 11.7 Å². The molecule has 0 aliphatic carbocycles. The first kappa shape index (κ1) is 33.6. The number of carbonyl (C=O) groups is 3. The van der Waals surface area contributed by atoms with Crippen LogP contribution in [-0.4, -0.2) is 68.4 Å². The van der Waals surface area contributed by atoms with Gasteiger partial charge in [-0.2, -0.15) is 0 Å². The van der Waals surface area contributed by atoms with Crippen molar-refractivity contribution in [2.24, 2.45) is 5.73 Å². The Balaban J connectivity index is 1.07. The van der Waals surface area contributed by atoms with Gasteiger partial charge in [-0.05, 0) is 48.6 Å². The number of ether oxygens (including phenoxy) is 1. The zero-order valence-corrected chi connectivity index (χ0v) is 28.1. The molecule has 0 atom stereocenters. The van der Waals surface area contributed by atoms with E-state index in [1.807, 2.05) is 29.3 Å². The first-order valence-corrected chi connectivity index (χ1v) is 16.9. The van der Waals surface area contributed by atoms with E-state index in [1.165, 1.54) is 18.2 Å². The van der Waals surface area contributed by atoms with Crippen molar-refractivity contribution in [2.45, 2.75) is 45.2 Å². The number of nitrogens with one attached hydrogen (secondary N) is 1. The summed E-state index contributed by atoms with van der Waals surface area (Å²) in [7, 11) is 0. The van der Waals surface area contributed by atoms with Crippen LogP contribution in [-0.2, 0) is 22.6 Å². The molecule has 1 saturated heterocycles. The smallest absolute Gasteiger partial charge is 0.269 e. The van der Waals surface area contributed by atoms with Gasteiger partial charge >= 0.3 is 0 Å². The summed E-state index contributed by atoms with van der Waals surface area (Å²) in [6.45, 7) is 5.17. The number of primary amides is 1. The van der Waals surface area contributed by atoms with Gasteiger partial charge in [0.2, 0.25) is 5.91 Å². The quantitative estimate of drug-likeness (QED) is 0.185. The molecular weight excluding hydrogens is 649 g/mol. The Labute approximate surface area is 294 Å². The summed E-state index contributed by atoms with van der Waals surface area (Å²) in [5.74, 6) is 4.92. The largest absolute Gasteiger partial charge is 0.381 e. The third-order valence-electron chi connectivity index (χ3n) is 9.40. The molecule has 0 spiro atoms. The molecule has 3 aromatic heterocycles. The van der Waals surface area contributed by atoms with Crippen LogP contribution in [0.4, 0.5) is 4.39 Å². The topological polar surface area (TPSA) is 145 Å². The summed E-state index contributed by atoms with van der Waals surface area (Å²) in [6.07, 6.45) is 5.58. The first-order chi connectivity index (χ1) is 24.8. The van der Waals surface area contributed by atoms with Crippen molar-refractivity contribution in [1.82, 2.24) is 29.7 Å². The number of nitrogens with zero attached hydrogens (tertiary/aromatic N) is 5. The molecule has 2 aromatic carbocycles. The molecule has 0 radical (unpaired) electrons. The highest BCUT2D eigenvalue weighted by atomic mass is 19.1. The van der Waals surface area contributed by atoms with Gasteiger partial charge in [-0.1, -0.05) is 36.1 Å². The molecule has 2 aliphatic rings. The van der Waals surface area contributed by atoms with E-state index in [0.717, 1.165) is 65.2 Å². The van der Waals surface area contributed by atoms with Crippen LogP contribution in [0, 0.1) is 17.7 Å². The number of fused-ring (bicyclic) bond motifs is 2. The number of benzene rings is 2. The number of halogens is 1. The summed E-state index contributed by atoms with van der Waals surface area (Å²) in [5.41, 5.74) is 9.63. The normalized spacial score (nSPS) is 14.4. The van der Waals surface area contributed by atoms with Crippen molar-refractivity contribution < 1.29 is 23.5 Å². The lowest BCUT2D eigenvalue weighted by Gasteiger charge is -2.30. The number of amides is 3. The molecule has 5 aromatic rings. The average Bonchev–Trinajstić information content (AvgIpc) is 3.54. The summed E-state index contributed by atoms with van der Waals surface area (Å²) in [6, 6.07) is 15.8. The van der Waals surface area contributed by atoms with Crippen LogP contribution in [0.3, 0.4) is 0 Å². The van der Waals surface area contributed by atoms with Gasteiger partial charge in [0.1, 0.15) is 11.5 Å². The zero-order chi connectivity index (χ0) is 35.5. The molecule has 11 nitrogen and oxygen atoms in total. The molecule has 7 rings (SSSR count). The van der Waals surface area contributed by atoms with Crippen molar-refractivity contribution in [2.75, 3.05) is 26.3 Å². The lowest BCUT2D eigenvalue weighted by molar-refractivity contribution is -0.130. The Morgan fingerprint density at radius 3 is 2.63 bits per heavy atom. The van der Waals surface area contributed by atoms with Crippen molar-refractivity contribution in [3.05, 3.63) is 101 Å². The predicted molar refractivity (Wildman–Crippen MR) is 189 cm³/mol. The number of hydrogen-bond acceptors (Lipinski definition) is 7. The molecule has 258 valence electrons. The minimum atomic E-state index is -0.861. The maximum Gasteiger partial charge on any atom is 0.269 e. The van der Waals surface area contributed by atoms with E-state index in [9.17, 15) is 18.8 Å². The summed E-state index contributed by atoms with van der Waals surface area (Å²) < 4.78 is 22.3. The second kappa shape index (κ2) is 14.5. The van der Waals surface area contributed by atoms with Gasteiger partial charge in [0, 0.05) is 81.0 Å². The van der Waals surface area contributed by atoms with Crippen LogP contribution in [0.1, 0.15) is 70.0 Å². The zero-order valence-electron chi connectivity index (χ0n) is 28.1. The van der Waals surface area contributed by atoms with Crippen LogP contribution in [0.25, 0.3) is 33.3 Å². The van der Waals surface area contributed by atoms with Gasteiger partial charge in [-0.15, -0.1) is 0 Å². The van der Waals surface area contributed by atoms with Gasteiger partial charge < -0.3 is 25.3 Å². The molecular formula is C39H36FN7O4. The van der Waals surface area contributed by atoms with Crippen molar-refractivity contribution in [1.29, 1.82) is 0 Å². The molecule has 0 saturated carbocycles. The lowest BCUT2D eigenvalue weighted by atomic mass is 9.99. The molecule has 0 unspecified atom stereocenters. The Kier molecular flexibility index (Phi) is 9.55. The monoisotopic (exact) mass is 685 g/mol. The third kappa shape index (κ3) is 6.93. The fourth-order valence-electron chi connectivity index (χ4n) is 6.67. The molecule has 5 heterocycles. The third-order valence-corrected chi connectivity index (χ3v) is 9.40. The van der Waals surface area contributed by atoms with Gasteiger partial charge in [0.15, 0.2) is 5.82 Å². The van der Waals surface area contributed by atoms with Crippen molar-refractivity contribution in [3.63, 3.8) is 0 Å². The number of nitrogens with two attached hydrogens (primary N) is 1. The number of aromatic nitrogens is 4. The molecule has 3 N–H and O–H groups in total. The van der Waals surface area contributed by atoms with Crippen LogP contribution in [0.15, 0.2) is 67.0 Å². The van der Waals surface area contributed by atoms with Gasteiger partial charge in [0.05, 0.1) is 34.8 Å². The van der Waals surface area contributed by atoms with Crippen molar-refractivity contribution in [3.8, 4) is 34.4 Å². The predicted octanol–water partition coefficient (Wildman–Crippen LogP) is 4.83. The molecule has 51 heavy (non-hydrogen) atoms. The fraction of sp³-hybridized carbons (Fsp3) is 0.282. The minimum absolute atomic E-state index is 0.0516. The maximum absolute atomic E-state index is 14.3. The number of imidazole rings is 1. The molecule has 1 fully saturated rings. The number of pyridine rings is 2. The standard InChI is InChI=1S/C39H36FN7O4/c1-24(48)46-16-17-47-34(23-46)36(45-38(47)26-13-18-51-19-14-26)29-9-5-8-27-20-33(44-22-31(27)29)28-11-12-32(43-21-28)39(50)42-15-3-2-6-25-7-4-10-30(35(25)40)37(41)49/h4-5,7-12,20-22,26H,3,13-19,23H2,1H3,(H2,41,49)(H,42,50). The highest BCUT2D eigenvalue weighted by Crippen LogP contribution is 2.37. The highest BCUT2D eigenvalue weighted by molar-refractivity contribution is 5.98. The van der Waals surface area contributed by atoms with Crippen LogP contribution in [0.5, 0.6) is 0 Å². The van der Waals surface area contributed by atoms with Gasteiger partial charge in [0.25, 0.3) is 11.8 Å². The van der Waals surface area contributed by atoms with E-state index in [1.54, 1.807) is 25.3 Å². The first-order valence-electron chi connectivity index (χ1n) is 16.9. The summed E-state index contributed by atoms with van der Waals surface area (Å²) >= 11 is 0. The molecule has 3 amide bonds. The van der Waals surface area contributed by atoms with Gasteiger partial charge in [-0.3, -0.25) is 24.4 Å². The Bertz CT molecular complexity index is 2210. The maximum atomic E-state index is 14.3. The highest BCUT2D eigenvalue weighted by Gasteiger charge is 2.30. The molecule has 2 aliphatic heterocycles. The lowest BCUT2D eigenvalue weighted by Crippen LogP contribution is -2.37. The Hall–Kier alpha value is -5.93. The van der Waals surface area contributed by atoms with E-state index in [4.69, 9.17) is 20.4 Å². The van der Waals surface area contributed by atoms with Gasteiger partial charge in [-0.25, -0.2) is 9.37 Å². The second-order valence-corrected chi connectivity index (χ2v) is 12.6. The molecule has 0 bridgehead atoms. The van der Waals surface area contributed by atoms with E-state index >= 15 is 0 Å². The number of hydrogen-bond donors (Lipinski definition) is 2. The van der Waals surface area contributed by atoms with E-state index in [0.29, 0.717) is 31.2 Å². The minimum Gasteiger partial charge on any atom is -0.381 e. The van der Waals surface area contributed by atoms with Crippen LogP contribution >= 0.6 is 0 Å². The summed E-state index contributed by atoms with van der Waals surface area (Å²) in [4.78, 5) is 52.7. The Morgan fingerprint density at radius 2 is 1.86 bits per heavy atom. The average molecular weight is 686 g/mol. The number of rotatable bonds is 7. The second-order valence-electron chi connectivity index (χ2n) is 12.6. The van der Waals surface area contributed by atoms with E-state index in [2.05, 4.69) is 32.8 Å².